The van der Waals surface area contributed by atoms with Gasteiger partial charge in [0.1, 0.15) is 5.76 Å². The van der Waals surface area contributed by atoms with Crippen LogP contribution in [-0.2, 0) is 6.54 Å². The minimum atomic E-state index is 0.635. The van der Waals surface area contributed by atoms with Crippen molar-refractivity contribution in [3.05, 3.63) is 18.0 Å². The third kappa shape index (κ3) is 2.21. The Morgan fingerprint density at radius 2 is 2.40 bits per heavy atom. The van der Waals surface area contributed by atoms with E-state index in [4.69, 9.17) is 4.52 Å². The molecule has 1 unspecified atom stereocenters. The maximum Gasteiger partial charge on any atom is 0.150 e. The van der Waals surface area contributed by atoms with E-state index >= 15 is 0 Å². The van der Waals surface area contributed by atoms with Crippen molar-refractivity contribution >= 4 is 0 Å². The van der Waals surface area contributed by atoms with Gasteiger partial charge in [-0.1, -0.05) is 5.16 Å². The lowest BCUT2D eigenvalue weighted by Gasteiger charge is -2.14. The smallest absolute Gasteiger partial charge is 0.150 e. The number of rotatable bonds is 4. The molecule has 4 heteroatoms. The average Bonchev–Trinajstić information content (AvgIpc) is 2.82. The molecular weight excluding hydrogens is 190 g/mol. The summed E-state index contributed by atoms with van der Waals surface area (Å²) >= 11 is 0. The molecular formula is C11H17N3O. The van der Waals surface area contributed by atoms with Gasteiger partial charge < -0.3 is 9.84 Å². The summed E-state index contributed by atoms with van der Waals surface area (Å²) in [6.45, 7) is 3.28. The molecule has 1 saturated heterocycles. The lowest BCUT2D eigenvalue weighted by Crippen LogP contribution is -2.32. The van der Waals surface area contributed by atoms with E-state index in [1.807, 2.05) is 6.07 Å². The highest BCUT2D eigenvalue weighted by atomic mass is 16.5. The van der Waals surface area contributed by atoms with Crippen molar-refractivity contribution in [3.63, 3.8) is 0 Å². The SMILES string of the molecule is c1cc(CNC2CCN(C3CC3)C2)on1. The van der Waals surface area contributed by atoms with Crippen molar-refractivity contribution in [3.8, 4) is 0 Å². The summed E-state index contributed by atoms with van der Waals surface area (Å²) in [5, 5.41) is 7.22. The number of nitrogens with one attached hydrogen (secondary N) is 1. The van der Waals surface area contributed by atoms with Crippen molar-refractivity contribution < 1.29 is 4.52 Å². The molecule has 2 fully saturated rings. The van der Waals surface area contributed by atoms with Gasteiger partial charge in [-0.3, -0.25) is 4.90 Å². The topological polar surface area (TPSA) is 41.3 Å². The predicted molar refractivity (Wildman–Crippen MR) is 56.3 cm³/mol. The average molecular weight is 207 g/mol. The van der Waals surface area contributed by atoms with Gasteiger partial charge in [0.05, 0.1) is 12.7 Å². The van der Waals surface area contributed by atoms with E-state index in [1.165, 1.54) is 32.4 Å². The summed E-state index contributed by atoms with van der Waals surface area (Å²) in [6.07, 6.45) is 5.79. The minimum Gasteiger partial charge on any atom is -0.360 e. The van der Waals surface area contributed by atoms with E-state index in [-0.39, 0.29) is 0 Å². The van der Waals surface area contributed by atoms with Gasteiger partial charge in [0.15, 0.2) is 0 Å². The van der Waals surface area contributed by atoms with E-state index in [0.29, 0.717) is 6.04 Å². The van der Waals surface area contributed by atoms with E-state index in [2.05, 4.69) is 15.4 Å². The van der Waals surface area contributed by atoms with Crippen molar-refractivity contribution in [1.29, 1.82) is 0 Å². The fourth-order valence-electron chi connectivity index (χ4n) is 2.30. The number of nitrogens with zero attached hydrogens (tertiary/aromatic N) is 2. The van der Waals surface area contributed by atoms with Crippen molar-refractivity contribution in [2.45, 2.75) is 37.9 Å². The number of hydrogen-bond donors (Lipinski definition) is 1. The van der Waals surface area contributed by atoms with E-state index < -0.39 is 0 Å². The summed E-state index contributed by atoms with van der Waals surface area (Å²) in [6, 6.07) is 3.46. The lowest BCUT2D eigenvalue weighted by atomic mass is 10.2. The fourth-order valence-corrected chi connectivity index (χ4v) is 2.30. The van der Waals surface area contributed by atoms with E-state index in [9.17, 15) is 0 Å². The summed E-state index contributed by atoms with van der Waals surface area (Å²) in [5.41, 5.74) is 0. The molecule has 2 heterocycles. The molecule has 1 atom stereocenters. The monoisotopic (exact) mass is 207 g/mol. The molecule has 1 aliphatic carbocycles. The van der Waals surface area contributed by atoms with Gasteiger partial charge in [-0.05, 0) is 19.3 Å². The molecule has 0 bridgehead atoms. The lowest BCUT2D eigenvalue weighted by molar-refractivity contribution is 0.312. The third-order valence-corrected chi connectivity index (χ3v) is 3.34. The first kappa shape index (κ1) is 9.36. The zero-order valence-corrected chi connectivity index (χ0v) is 8.85. The molecule has 15 heavy (non-hydrogen) atoms. The predicted octanol–water partition coefficient (Wildman–Crippen LogP) is 1.00. The van der Waals surface area contributed by atoms with Crippen LogP contribution in [0.1, 0.15) is 25.0 Å². The number of hydrogen-bond acceptors (Lipinski definition) is 4. The Bertz CT molecular complexity index is 308. The second kappa shape index (κ2) is 3.94. The molecule has 1 aromatic heterocycles. The molecule has 3 rings (SSSR count). The highest BCUT2D eigenvalue weighted by Gasteiger charge is 2.34. The van der Waals surface area contributed by atoms with Crippen LogP contribution in [0, 0.1) is 0 Å². The molecule has 1 N–H and O–H groups in total. The maximum atomic E-state index is 5.05. The van der Waals surface area contributed by atoms with Crippen molar-refractivity contribution in [1.82, 2.24) is 15.4 Å². The van der Waals surface area contributed by atoms with Crippen LogP contribution in [0.4, 0.5) is 0 Å². The highest BCUT2D eigenvalue weighted by Crippen LogP contribution is 2.29. The minimum absolute atomic E-state index is 0.635. The van der Waals surface area contributed by atoms with Crippen LogP contribution in [0.5, 0.6) is 0 Å². The van der Waals surface area contributed by atoms with Gasteiger partial charge in [0.25, 0.3) is 0 Å². The van der Waals surface area contributed by atoms with Gasteiger partial charge in [-0.2, -0.15) is 0 Å². The van der Waals surface area contributed by atoms with Gasteiger partial charge >= 0.3 is 0 Å². The second-order valence-corrected chi connectivity index (χ2v) is 4.57. The molecule has 2 aliphatic rings. The van der Waals surface area contributed by atoms with Crippen LogP contribution in [-0.4, -0.2) is 35.2 Å². The first-order valence-corrected chi connectivity index (χ1v) is 5.79. The molecule has 0 aromatic carbocycles. The summed E-state index contributed by atoms with van der Waals surface area (Å²) in [4.78, 5) is 2.61. The molecule has 82 valence electrons. The summed E-state index contributed by atoms with van der Waals surface area (Å²) in [5.74, 6) is 0.930. The molecule has 1 saturated carbocycles. The van der Waals surface area contributed by atoms with Crippen LogP contribution >= 0.6 is 0 Å². The number of aromatic nitrogens is 1. The van der Waals surface area contributed by atoms with E-state index in [0.717, 1.165) is 18.3 Å². The normalized spacial score (nSPS) is 27.3. The zero-order chi connectivity index (χ0) is 10.1. The van der Waals surface area contributed by atoms with Crippen LogP contribution in [0.15, 0.2) is 16.8 Å². The molecule has 0 amide bonds. The van der Waals surface area contributed by atoms with Crippen molar-refractivity contribution in [2.24, 2.45) is 0 Å². The quantitative estimate of drug-likeness (QED) is 0.799. The molecule has 0 radical (unpaired) electrons. The maximum absolute atomic E-state index is 5.05. The third-order valence-electron chi connectivity index (χ3n) is 3.34. The molecule has 4 nitrogen and oxygen atoms in total. The van der Waals surface area contributed by atoms with Crippen molar-refractivity contribution in [2.75, 3.05) is 13.1 Å². The molecule has 1 aromatic rings. The van der Waals surface area contributed by atoms with Gasteiger partial charge in [0, 0.05) is 31.2 Å². The summed E-state index contributed by atoms with van der Waals surface area (Å²) < 4.78 is 5.05. The first-order valence-electron chi connectivity index (χ1n) is 5.79. The van der Waals surface area contributed by atoms with Crippen LogP contribution in [0.25, 0.3) is 0 Å². The highest BCUT2D eigenvalue weighted by molar-refractivity contribution is 4.95. The van der Waals surface area contributed by atoms with Crippen LogP contribution in [0.3, 0.4) is 0 Å². The standard InChI is InChI=1S/C11H17N3O/c1-2-10(1)14-6-4-9(8-14)12-7-11-3-5-13-15-11/h3,5,9-10,12H,1-2,4,6-8H2. The Balaban J connectivity index is 1.44. The Morgan fingerprint density at radius 3 is 3.13 bits per heavy atom. The van der Waals surface area contributed by atoms with Gasteiger partial charge in [-0.15, -0.1) is 0 Å². The van der Waals surface area contributed by atoms with Crippen LogP contribution < -0.4 is 5.32 Å². The van der Waals surface area contributed by atoms with Crippen LogP contribution in [0.2, 0.25) is 0 Å². The molecule has 1 aliphatic heterocycles. The van der Waals surface area contributed by atoms with Gasteiger partial charge in [0.2, 0.25) is 0 Å². The Morgan fingerprint density at radius 1 is 1.47 bits per heavy atom. The Labute approximate surface area is 89.6 Å². The van der Waals surface area contributed by atoms with E-state index in [1.54, 1.807) is 6.20 Å². The first-order chi connectivity index (χ1) is 7.42. The van der Waals surface area contributed by atoms with Gasteiger partial charge in [-0.25, -0.2) is 0 Å². The summed E-state index contributed by atoms with van der Waals surface area (Å²) in [7, 11) is 0. The Hall–Kier alpha value is -0.870. The largest absolute Gasteiger partial charge is 0.360 e. The molecule has 0 spiro atoms. The number of likely N-dealkylation sites (tertiary alicyclic amines) is 1. The fraction of sp³-hybridized carbons (Fsp3) is 0.727. The Kier molecular flexibility index (Phi) is 2.46. The zero-order valence-electron chi connectivity index (χ0n) is 8.85. The second-order valence-electron chi connectivity index (χ2n) is 4.57.